The van der Waals surface area contributed by atoms with Gasteiger partial charge in [0.15, 0.2) is 5.75 Å². The molecule has 6 nitrogen and oxygen atoms in total. The van der Waals surface area contributed by atoms with Crippen LogP contribution in [-0.2, 0) is 13.1 Å². The van der Waals surface area contributed by atoms with Crippen molar-refractivity contribution in [3.63, 3.8) is 0 Å². The van der Waals surface area contributed by atoms with Crippen LogP contribution < -0.4 is 4.74 Å². The lowest BCUT2D eigenvalue weighted by Crippen LogP contribution is -2.14. The molecule has 2 rings (SSSR count). The van der Waals surface area contributed by atoms with Gasteiger partial charge < -0.3 is 9.84 Å². The van der Waals surface area contributed by atoms with E-state index in [1.165, 1.54) is 0 Å². The number of rotatable bonds is 5. The SMILES string of the molecule is CCn1nc(C)cc1C(O)c1c(OC)cnn1CC. The molecule has 2 aromatic rings. The lowest BCUT2D eigenvalue weighted by molar-refractivity contribution is 0.191. The fourth-order valence-corrected chi connectivity index (χ4v) is 2.24. The minimum absolute atomic E-state index is 0.593. The van der Waals surface area contributed by atoms with E-state index in [0.29, 0.717) is 24.5 Å². The van der Waals surface area contributed by atoms with Gasteiger partial charge in [-0.1, -0.05) is 0 Å². The first-order chi connectivity index (χ1) is 9.12. The van der Waals surface area contributed by atoms with Crippen molar-refractivity contribution in [2.45, 2.75) is 40.0 Å². The normalized spacial score (nSPS) is 12.7. The van der Waals surface area contributed by atoms with Crippen molar-refractivity contribution >= 4 is 0 Å². The third kappa shape index (κ3) is 2.35. The largest absolute Gasteiger partial charge is 0.493 e. The van der Waals surface area contributed by atoms with Crippen LogP contribution in [0.25, 0.3) is 0 Å². The van der Waals surface area contributed by atoms with E-state index in [2.05, 4.69) is 10.2 Å². The Morgan fingerprint density at radius 3 is 2.58 bits per heavy atom. The first-order valence-corrected chi connectivity index (χ1v) is 6.44. The van der Waals surface area contributed by atoms with Crippen LogP contribution in [0.4, 0.5) is 0 Å². The molecule has 0 amide bonds. The minimum atomic E-state index is -0.793. The maximum absolute atomic E-state index is 10.6. The van der Waals surface area contributed by atoms with Crippen LogP contribution in [0.2, 0.25) is 0 Å². The highest BCUT2D eigenvalue weighted by atomic mass is 16.5. The number of nitrogens with zero attached hydrogens (tertiary/aromatic N) is 4. The number of aryl methyl sites for hydroxylation is 3. The molecule has 0 aliphatic heterocycles. The molecule has 0 aromatic carbocycles. The molecule has 1 N–H and O–H groups in total. The summed E-state index contributed by atoms with van der Waals surface area (Å²) >= 11 is 0. The maximum Gasteiger partial charge on any atom is 0.163 e. The van der Waals surface area contributed by atoms with Gasteiger partial charge in [-0.2, -0.15) is 10.2 Å². The minimum Gasteiger partial charge on any atom is -0.493 e. The fourth-order valence-electron chi connectivity index (χ4n) is 2.24. The van der Waals surface area contributed by atoms with Crippen molar-refractivity contribution in [3.8, 4) is 5.75 Å². The summed E-state index contributed by atoms with van der Waals surface area (Å²) in [4.78, 5) is 0. The lowest BCUT2D eigenvalue weighted by atomic mass is 10.1. The van der Waals surface area contributed by atoms with Gasteiger partial charge in [-0.3, -0.25) is 9.36 Å². The van der Waals surface area contributed by atoms with Crippen LogP contribution in [0, 0.1) is 6.92 Å². The molecule has 104 valence electrons. The average Bonchev–Trinajstić information content (AvgIpc) is 3.00. The van der Waals surface area contributed by atoms with Gasteiger partial charge >= 0.3 is 0 Å². The van der Waals surface area contributed by atoms with Gasteiger partial charge in [-0.25, -0.2) is 0 Å². The Morgan fingerprint density at radius 1 is 1.32 bits per heavy atom. The van der Waals surface area contributed by atoms with Gasteiger partial charge in [0, 0.05) is 13.1 Å². The van der Waals surface area contributed by atoms with Crippen LogP contribution in [-0.4, -0.2) is 31.8 Å². The van der Waals surface area contributed by atoms with E-state index in [1.807, 2.05) is 26.8 Å². The molecule has 1 atom stereocenters. The fraction of sp³-hybridized carbons (Fsp3) is 0.538. The topological polar surface area (TPSA) is 65.1 Å². The standard InChI is InChI=1S/C13H20N4O2/c1-5-16-10(7-9(3)15-16)13(18)12-11(19-4)8-14-17(12)6-2/h7-8,13,18H,5-6H2,1-4H3. The summed E-state index contributed by atoms with van der Waals surface area (Å²) in [6, 6.07) is 1.89. The Bertz CT molecular complexity index is 537. The molecule has 0 saturated carbocycles. The Morgan fingerprint density at radius 2 is 2.00 bits per heavy atom. The van der Waals surface area contributed by atoms with Crippen molar-refractivity contribution < 1.29 is 9.84 Å². The molecule has 0 bridgehead atoms. The monoisotopic (exact) mass is 264 g/mol. The van der Waals surface area contributed by atoms with Gasteiger partial charge in [-0.15, -0.1) is 0 Å². The number of aromatic nitrogens is 4. The Balaban J connectivity index is 2.48. The summed E-state index contributed by atoms with van der Waals surface area (Å²) in [5, 5.41) is 19.2. The predicted molar refractivity (Wildman–Crippen MR) is 71.2 cm³/mol. The zero-order valence-corrected chi connectivity index (χ0v) is 11.8. The molecule has 2 aromatic heterocycles. The smallest absolute Gasteiger partial charge is 0.163 e. The zero-order chi connectivity index (χ0) is 14.0. The Hall–Kier alpha value is -1.82. The molecule has 2 heterocycles. The van der Waals surface area contributed by atoms with E-state index in [9.17, 15) is 5.11 Å². The maximum atomic E-state index is 10.6. The number of ether oxygens (including phenoxy) is 1. The van der Waals surface area contributed by atoms with Crippen LogP contribution in [0.3, 0.4) is 0 Å². The molecule has 6 heteroatoms. The molecular weight excluding hydrogens is 244 g/mol. The van der Waals surface area contributed by atoms with Gasteiger partial charge in [0.05, 0.1) is 24.7 Å². The second kappa shape index (κ2) is 5.44. The number of aliphatic hydroxyl groups is 1. The summed E-state index contributed by atoms with van der Waals surface area (Å²) in [6.07, 6.45) is 0.834. The highest BCUT2D eigenvalue weighted by Crippen LogP contribution is 2.30. The van der Waals surface area contributed by atoms with E-state index in [4.69, 9.17) is 4.74 Å². The van der Waals surface area contributed by atoms with Crippen LogP contribution in [0.1, 0.15) is 37.0 Å². The van der Waals surface area contributed by atoms with Gasteiger partial charge in [-0.05, 0) is 26.8 Å². The summed E-state index contributed by atoms with van der Waals surface area (Å²) in [6.45, 7) is 7.27. The molecule has 0 aliphatic carbocycles. The van der Waals surface area contributed by atoms with E-state index in [-0.39, 0.29) is 0 Å². The Labute approximate surface area is 112 Å². The molecule has 0 aliphatic rings. The van der Waals surface area contributed by atoms with E-state index >= 15 is 0 Å². The first kappa shape index (κ1) is 13.6. The highest BCUT2D eigenvalue weighted by molar-refractivity contribution is 5.33. The van der Waals surface area contributed by atoms with Crippen molar-refractivity contribution in [1.29, 1.82) is 0 Å². The molecule has 0 spiro atoms. The van der Waals surface area contributed by atoms with Gasteiger partial charge in [0.2, 0.25) is 0 Å². The van der Waals surface area contributed by atoms with Crippen molar-refractivity contribution in [3.05, 3.63) is 29.3 Å². The molecule has 0 radical (unpaired) electrons. The molecule has 0 fully saturated rings. The van der Waals surface area contributed by atoms with Crippen LogP contribution in [0.5, 0.6) is 5.75 Å². The Kier molecular flexibility index (Phi) is 3.90. The predicted octanol–water partition coefficient (Wildman–Crippen LogP) is 1.52. The molecule has 19 heavy (non-hydrogen) atoms. The quantitative estimate of drug-likeness (QED) is 0.889. The van der Waals surface area contributed by atoms with Crippen molar-refractivity contribution in [1.82, 2.24) is 19.6 Å². The summed E-state index contributed by atoms with van der Waals surface area (Å²) in [7, 11) is 1.58. The number of methoxy groups -OCH3 is 1. The zero-order valence-electron chi connectivity index (χ0n) is 11.8. The molecule has 0 saturated heterocycles. The van der Waals surface area contributed by atoms with Crippen molar-refractivity contribution in [2.75, 3.05) is 7.11 Å². The third-order valence-corrected chi connectivity index (χ3v) is 3.14. The van der Waals surface area contributed by atoms with E-state index < -0.39 is 6.10 Å². The van der Waals surface area contributed by atoms with Gasteiger partial charge in [0.1, 0.15) is 11.8 Å². The second-order valence-corrected chi connectivity index (χ2v) is 4.34. The first-order valence-electron chi connectivity index (χ1n) is 6.44. The summed E-state index contributed by atoms with van der Waals surface area (Å²) < 4.78 is 8.82. The van der Waals surface area contributed by atoms with Crippen LogP contribution in [0.15, 0.2) is 12.3 Å². The number of hydrogen-bond donors (Lipinski definition) is 1. The van der Waals surface area contributed by atoms with Crippen LogP contribution >= 0.6 is 0 Å². The average molecular weight is 264 g/mol. The number of aliphatic hydroxyl groups excluding tert-OH is 1. The second-order valence-electron chi connectivity index (χ2n) is 4.34. The van der Waals surface area contributed by atoms with Gasteiger partial charge in [0.25, 0.3) is 0 Å². The van der Waals surface area contributed by atoms with E-state index in [0.717, 1.165) is 11.4 Å². The summed E-state index contributed by atoms with van der Waals surface area (Å²) in [5.41, 5.74) is 2.31. The summed E-state index contributed by atoms with van der Waals surface area (Å²) in [5.74, 6) is 0.593. The molecular formula is C13H20N4O2. The third-order valence-electron chi connectivity index (χ3n) is 3.14. The lowest BCUT2D eigenvalue weighted by Gasteiger charge is -2.15. The van der Waals surface area contributed by atoms with E-state index in [1.54, 1.807) is 22.7 Å². The highest BCUT2D eigenvalue weighted by Gasteiger charge is 2.24. The molecule has 1 unspecified atom stereocenters. The van der Waals surface area contributed by atoms with Crippen molar-refractivity contribution in [2.24, 2.45) is 0 Å². The number of hydrogen-bond acceptors (Lipinski definition) is 4.